The van der Waals surface area contributed by atoms with Crippen LogP contribution in [0.5, 0.6) is 0 Å². The lowest BCUT2D eigenvalue weighted by molar-refractivity contribution is -0.121. The minimum Gasteiger partial charge on any atom is -0.423 e. The summed E-state index contributed by atoms with van der Waals surface area (Å²) in [7, 11) is 0. The number of carbonyl (C=O) groups is 2. The molecule has 3 aromatic rings. The Morgan fingerprint density at radius 1 is 1.31 bits per heavy atom. The van der Waals surface area contributed by atoms with Crippen LogP contribution in [-0.4, -0.2) is 39.9 Å². The number of benzene rings is 1. The first kappa shape index (κ1) is 18.5. The van der Waals surface area contributed by atoms with Crippen LogP contribution in [0.2, 0.25) is 0 Å². The van der Waals surface area contributed by atoms with Crippen molar-refractivity contribution in [1.29, 1.82) is 0 Å². The maximum atomic E-state index is 14.7. The normalized spacial score (nSPS) is 16.0. The Morgan fingerprint density at radius 3 is 2.76 bits per heavy atom. The molecule has 2 aromatic heterocycles. The molecule has 0 radical (unpaired) electrons. The van der Waals surface area contributed by atoms with Crippen molar-refractivity contribution in [2.75, 3.05) is 11.4 Å². The van der Waals surface area contributed by atoms with Crippen LogP contribution in [0, 0.1) is 12.7 Å². The average Bonchev–Trinajstić information content (AvgIpc) is 3.27. The van der Waals surface area contributed by atoms with E-state index >= 15 is 0 Å². The van der Waals surface area contributed by atoms with Gasteiger partial charge in [0.2, 0.25) is 17.6 Å². The van der Waals surface area contributed by atoms with Gasteiger partial charge in [0.1, 0.15) is 11.5 Å². The number of hydrogen-bond acceptors (Lipinski definition) is 7. The number of halogens is 1. The largest absolute Gasteiger partial charge is 0.423 e. The van der Waals surface area contributed by atoms with Crippen LogP contribution in [0.3, 0.4) is 0 Å². The topological polar surface area (TPSA) is 110 Å². The number of nitrogens with zero attached hydrogens (tertiary/aromatic N) is 4. The molecule has 0 bridgehead atoms. The number of hydrogen-bond donors (Lipinski definition) is 1. The summed E-state index contributed by atoms with van der Waals surface area (Å²) < 4.78 is 24.7. The van der Waals surface area contributed by atoms with Crippen LogP contribution in [0.1, 0.15) is 12.8 Å². The summed E-state index contributed by atoms with van der Waals surface area (Å²) in [6.07, 6.45) is 0.0846. The zero-order chi connectivity index (χ0) is 20.5. The standard InChI is InChI=1S/C19H16FN5O4/c1-10(26)22-17-9-25(19(27)28-17)13-4-5-14(15(20)7-13)12-3-6-16(21-8-12)18-23-11(2)29-24-18/h3-8,17H,9H2,1-2H3,(H,22,26)/t17-/m0/s1. The maximum absolute atomic E-state index is 14.7. The Balaban J connectivity index is 1.54. The summed E-state index contributed by atoms with van der Waals surface area (Å²) in [5, 5.41) is 6.30. The van der Waals surface area contributed by atoms with Gasteiger partial charge < -0.3 is 14.6 Å². The fraction of sp³-hybridized carbons (Fsp3) is 0.211. The fourth-order valence-electron chi connectivity index (χ4n) is 2.97. The number of amides is 2. The van der Waals surface area contributed by atoms with Gasteiger partial charge in [-0.25, -0.2) is 9.18 Å². The molecule has 2 amide bonds. The molecule has 1 N–H and O–H groups in total. The van der Waals surface area contributed by atoms with Gasteiger partial charge in [-0.15, -0.1) is 0 Å². The second-order valence-electron chi connectivity index (χ2n) is 6.42. The first-order valence-corrected chi connectivity index (χ1v) is 8.72. The van der Waals surface area contributed by atoms with Gasteiger partial charge >= 0.3 is 6.09 Å². The van der Waals surface area contributed by atoms with Gasteiger partial charge in [0.05, 0.1) is 12.2 Å². The monoisotopic (exact) mass is 397 g/mol. The quantitative estimate of drug-likeness (QED) is 0.720. The molecule has 148 valence electrons. The molecule has 0 spiro atoms. The van der Waals surface area contributed by atoms with E-state index in [1.165, 1.54) is 24.1 Å². The molecule has 1 aliphatic rings. The lowest BCUT2D eigenvalue weighted by Gasteiger charge is -2.14. The number of ether oxygens (including phenoxy) is 1. The molecule has 0 unspecified atom stereocenters. The predicted octanol–water partition coefficient (Wildman–Crippen LogP) is 2.66. The third-order valence-corrected chi connectivity index (χ3v) is 4.27. The minimum absolute atomic E-state index is 0.0948. The molecule has 1 fully saturated rings. The van der Waals surface area contributed by atoms with E-state index in [1.807, 2.05) is 0 Å². The number of carbonyl (C=O) groups excluding carboxylic acids is 2. The Hall–Kier alpha value is -3.82. The number of cyclic esters (lactones) is 1. The van der Waals surface area contributed by atoms with Gasteiger partial charge in [-0.3, -0.25) is 14.7 Å². The van der Waals surface area contributed by atoms with Crippen LogP contribution in [0.25, 0.3) is 22.6 Å². The first-order chi connectivity index (χ1) is 13.9. The van der Waals surface area contributed by atoms with Gasteiger partial charge in [0.25, 0.3) is 0 Å². The van der Waals surface area contributed by atoms with Crippen molar-refractivity contribution >= 4 is 17.7 Å². The third-order valence-electron chi connectivity index (χ3n) is 4.27. The van der Waals surface area contributed by atoms with Crippen molar-refractivity contribution in [2.24, 2.45) is 0 Å². The number of pyridine rings is 1. The lowest BCUT2D eigenvalue weighted by atomic mass is 10.1. The molecule has 3 heterocycles. The van der Waals surface area contributed by atoms with E-state index in [0.29, 0.717) is 34.2 Å². The van der Waals surface area contributed by atoms with Gasteiger partial charge in [-0.05, 0) is 24.3 Å². The number of aryl methyl sites for hydroxylation is 1. The number of aromatic nitrogens is 3. The Bertz CT molecular complexity index is 1080. The molecular weight excluding hydrogens is 381 g/mol. The molecule has 1 saturated heterocycles. The van der Waals surface area contributed by atoms with Crippen molar-refractivity contribution in [2.45, 2.75) is 20.1 Å². The summed E-state index contributed by atoms with van der Waals surface area (Å²) in [6, 6.07) is 7.76. The second kappa shape index (κ2) is 7.30. The molecule has 10 heteroatoms. The molecule has 1 aromatic carbocycles. The summed E-state index contributed by atoms with van der Waals surface area (Å²) in [4.78, 5) is 32.7. The van der Waals surface area contributed by atoms with E-state index in [9.17, 15) is 14.0 Å². The number of anilines is 1. The van der Waals surface area contributed by atoms with E-state index in [-0.39, 0.29) is 12.5 Å². The molecule has 29 heavy (non-hydrogen) atoms. The molecule has 9 nitrogen and oxygen atoms in total. The summed E-state index contributed by atoms with van der Waals surface area (Å²) in [5.41, 5.74) is 1.71. The van der Waals surface area contributed by atoms with Crippen LogP contribution in [-0.2, 0) is 9.53 Å². The summed E-state index contributed by atoms with van der Waals surface area (Å²) in [6.45, 7) is 3.10. The zero-order valence-corrected chi connectivity index (χ0v) is 15.5. The molecule has 4 rings (SSSR count). The predicted molar refractivity (Wildman–Crippen MR) is 99.1 cm³/mol. The molecule has 0 aliphatic carbocycles. The highest BCUT2D eigenvalue weighted by Gasteiger charge is 2.33. The van der Waals surface area contributed by atoms with Gasteiger partial charge in [0, 0.05) is 31.2 Å². The van der Waals surface area contributed by atoms with E-state index in [0.717, 1.165) is 0 Å². The average molecular weight is 397 g/mol. The van der Waals surface area contributed by atoms with Gasteiger partial charge in [-0.2, -0.15) is 4.98 Å². The van der Waals surface area contributed by atoms with Crippen molar-refractivity contribution < 1.29 is 23.2 Å². The minimum atomic E-state index is -0.770. The summed E-state index contributed by atoms with van der Waals surface area (Å²) in [5.74, 6) is -0.0684. The van der Waals surface area contributed by atoms with Crippen LogP contribution in [0.15, 0.2) is 41.1 Å². The highest BCUT2D eigenvalue weighted by molar-refractivity contribution is 5.90. The highest BCUT2D eigenvalue weighted by atomic mass is 19.1. The fourth-order valence-corrected chi connectivity index (χ4v) is 2.97. The molecule has 1 aliphatic heterocycles. The van der Waals surface area contributed by atoms with Crippen molar-refractivity contribution in [3.05, 3.63) is 48.2 Å². The van der Waals surface area contributed by atoms with Gasteiger partial charge in [-0.1, -0.05) is 11.2 Å². The highest BCUT2D eigenvalue weighted by Crippen LogP contribution is 2.29. The van der Waals surface area contributed by atoms with Crippen molar-refractivity contribution in [3.63, 3.8) is 0 Å². The molecule has 1 atom stereocenters. The maximum Gasteiger partial charge on any atom is 0.416 e. The van der Waals surface area contributed by atoms with Crippen LogP contribution >= 0.6 is 0 Å². The van der Waals surface area contributed by atoms with E-state index in [4.69, 9.17) is 9.26 Å². The molecular formula is C19H16FN5O4. The Morgan fingerprint density at radius 2 is 2.14 bits per heavy atom. The van der Waals surface area contributed by atoms with Crippen LogP contribution in [0.4, 0.5) is 14.9 Å². The van der Waals surface area contributed by atoms with E-state index in [1.54, 1.807) is 31.2 Å². The zero-order valence-electron chi connectivity index (χ0n) is 15.5. The first-order valence-electron chi connectivity index (χ1n) is 8.72. The van der Waals surface area contributed by atoms with Crippen molar-refractivity contribution in [1.82, 2.24) is 20.4 Å². The number of nitrogens with one attached hydrogen (secondary N) is 1. The van der Waals surface area contributed by atoms with E-state index < -0.39 is 18.1 Å². The number of rotatable bonds is 4. The van der Waals surface area contributed by atoms with Crippen molar-refractivity contribution in [3.8, 4) is 22.6 Å². The van der Waals surface area contributed by atoms with Crippen LogP contribution < -0.4 is 10.2 Å². The second-order valence-corrected chi connectivity index (χ2v) is 6.42. The van der Waals surface area contributed by atoms with E-state index in [2.05, 4.69) is 20.4 Å². The SMILES string of the molecule is CC(=O)N[C@@H]1CN(c2ccc(-c3ccc(-c4noc(C)n4)nc3)c(F)c2)C(=O)O1. The smallest absolute Gasteiger partial charge is 0.416 e. The Labute approximate surface area is 164 Å². The lowest BCUT2D eigenvalue weighted by Crippen LogP contribution is -2.36. The third kappa shape index (κ3) is 3.77. The van der Waals surface area contributed by atoms with Gasteiger partial charge in [0.15, 0.2) is 6.23 Å². The Kier molecular flexibility index (Phi) is 4.67. The molecule has 0 saturated carbocycles. The summed E-state index contributed by atoms with van der Waals surface area (Å²) >= 11 is 0.